The highest BCUT2D eigenvalue weighted by molar-refractivity contribution is 5.82. The van der Waals surface area contributed by atoms with Gasteiger partial charge < -0.3 is 20.5 Å². The molecule has 1 aliphatic rings. The number of carbonyl (C=O) groups excluding carboxylic acids is 1. The monoisotopic (exact) mass is 272 g/mol. The van der Waals surface area contributed by atoms with Gasteiger partial charge in [-0.25, -0.2) is 0 Å². The van der Waals surface area contributed by atoms with Crippen LogP contribution in [0, 0.1) is 5.41 Å². The van der Waals surface area contributed by atoms with E-state index >= 15 is 0 Å². The molecule has 2 atom stereocenters. The smallest absolute Gasteiger partial charge is 0.237 e. The van der Waals surface area contributed by atoms with E-state index in [4.69, 9.17) is 15.2 Å². The highest BCUT2D eigenvalue weighted by atomic mass is 16.5. The van der Waals surface area contributed by atoms with Crippen LogP contribution in [-0.2, 0) is 14.3 Å². The van der Waals surface area contributed by atoms with Crippen LogP contribution in [-0.4, -0.2) is 44.4 Å². The molecule has 1 amide bonds. The quantitative estimate of drug-likeness (QED) is 0.680. The molecule has 19 heavy (non-hydrogen) atoms. The molecule has 1 heterocycles. The number of rotatable bonds is 7. The molecule has 0 saturated carbocycles. The van der Waals surface area contributed by atoms with Crippen LogP contribution in [0.3, 0.4) is 0 Å². The number of nitrogens with one attached hydrogen (secondary N) is 1. The highest BCUT2D eigenvalue weighted by Crippen LogP contribution is 2.17. The second kappa shape index (κ2) is 7.82. The van der Waals surface area contributed by atoms with Crippen LogP contribution < -0.4 is 11.1 Å². The van der Waals surface area contributed by atoms with Crippen LogP contribution in [0.25, 0.3) is 0 Å². The SMILES string of the molecule is CC(C)(C)C(N)C(=O)NCCCOCC1CCCO1. The third kappa shape index (κ3) is 6.36. The summed E-state index contributed by atoms with van der Waals surface area (Å²) in [6.07, 6.45) is 3.30. The molecule has 0 aromatic heterocycles. The van der Waals surface area contributed by atoms with E-state index in [0.29, 0.717) is 19.8 Å². The van der Waals surface area contributed by atoms with E-state index in [1.54, 1.807) is 0 Å². The lowest BCUT2D eigenvalue weighted by atomic mass is 9.87. The van der Waals surface area contributed by atoms with Crippen molar-refractivity contribution in [3.05, 3.63) is 0 Å². The topological polar surface area (TPSA) is 73.6 Å². The molecular weight excluding hydrogens is 244 g/mol. The minimum absolute atomic E-state index is 0.0911. The Hall–Kier alpha value is -0.650. The van der Waals surface area contributed by atoms with Gasteiger partial charge in [-0.05, 0) is 24.7 Å². The van der Waals surface area contributed by atoms with Crippen molar-refractivity contribution in [3.63, 3.8) is 0 Å². The summed E-state index contributed by atoms with van der Waals surface area (Å²) in [7, 11) is 0. The zero-order valence-electron chi connectivity index (χ0n) is 12.4. The molecule has 5 heteroatoms. The van der Waals surface area contributed by atoms with E-state index in [1.165, 1.54) is 0 Å². The first kappa shape index (κ1) is 16.4. The minimum Gasteiger partial charge on any atom is -0.379 e. The largest absolute Gasteiger partial charge is 0.379 e. The molecule has 1 saturated heterocycles. The van der Waals surface area contributed by atoms with Gasteiger partial charge in [0.2, 0.25) is 5.91 Å². The summed E-state index contributed by atoms with van der Waals surface area (Å²) < 4.78 is 11.0. The molecule has 5 nitrogen and oxygen atoms in total. The number of carbonyl (C=O) groups is 1. The van der Waals surface area contributed by atoms with Crippen LogP contribution in [0.4, 0.5) is 0 Å². The summed E-state index contributed by atoms with van der Waals surface area (Å²) in [4.78, 5) is 11.7. The van der Waals surface area contributed by atoms with Crippen LogP contribution in [0.5, 0.6) is 0 Å². The third-order valence-electron chi connectivity index (χ3n) is 3.31. The standard InChI is InChI=1S/C14H28N2O3/c1-14(2,3)12(15)13(17)16-7-5-8-18-10-11-6-4-9-19-11/h11-12H,4-10,15H2,1-3H3,(H,16,17). The summed E-state index contributed by atoms with van der Waals surface area (Å²) in [5, 5.41) is 2.84. The maximum Gasteiger partial charge on any atom is 0.237 e. The normalized spacial score (nSPS) is 21.4. The van der Waals surface area contributed by atoms with Crippen molar-refractivity contribution in [3.8, 4) is 0 Å². The molecule has 0 aromatic carbocycles. The number of ether oxygens (including phenoxy) is 2. The van der Waals surface area contributed by atoms with Crippen LogP contribution >= 0.6 is 0 Å². The Morgan fingerprint density at radius 3 is 2.84 bits per heavy atom. The van der Waals surface area contributed by atoms with Gasteiger partial charge in [0.05, 0.1) is 18.8 Å². The second-order valence-corrected chi connectivity index (χ2v) is 6.20. The first-order valence-corrected chi connectivity index (χ1v) is 7.14. The van der Waals surface area contributed by atoms with Gasteiger partial charge in [-0.3, -0.25) is 4.79 Å². The highest BCUT2D eigenvalue weighted by Gasteiger charge is 2.26. The van der Waals surface area contributed by atoms with E-state index in [2.05, 4.69) is 5.32 Å². The van der Waals surface area contributed by atoms with Crippen LogP contribution in [0.15, 0.2) is 0 Å². The fourth-order valence-electron chi connectivity index (χ4n) is 1.88. The Morgan fingerprint density at radius 2 is 2.26 bits per heavy atom. The van der Waals surface area contributed by atoms with Gasteiger partial charge in [-0.1, -0.05) is 20.8 Å². The molecule has 0 radical (unpaired) electrons. The van der Waals surface area contributed by atoms with Gasteiger partial charge in [0.25, 0.3) is 0 Å². The molecule has 0 spiro atoms. The lowest BCUT2D eigenvalue weighted by Gasteiger charge is -2.25. The fraction of sp³-hybridized carbons (Fsp3) is 0.929. The predicted octanol–water partition coefficient (Wildman–Crippen LogP) is 1.06. The van der Waals surface area contributed by atoms with Gasteiger partial charge >= 0.3 is 0 Å². The van der Waals surface area contributed by atoms with Gasteiger partial charge in [-0.15, -0.1) is 0 Å². The first-order valence-electron chi connectivity index (χ1n) is 7.14. The van der Waals surface area contributed by atoms with Gasteiger partial charge in [0.15, 0.2) is 0 Å². The zero-order valence-corrected chi connectivity index (χ0v) is 12.4. The van der Waals surface area contributed by atoms with Gasteiger partial charge in [-0.2, -0.15) is 0 Å². The zero-order chi connectivity index (χ0) is 14.3. The van der Waals surface area contributed by atoms with Crippen LogP contribution in [0.1, 0.15) is 40.0 Å². The lowest BCUT2D eigenvalue weighted by Crippen LogP contribution is -2.48. The first-order chi connectivity index (χ1) is 8.91. The fourth-order valence-corrected chi connectivity index (χ4v) is 1.88. The number of nitrogens with two attached hydrogens (primary N) is 1. The minimum atomic E-state index is -0.472. The number of amides is 1. The van der Waals surface area contributed by atoms with Crippen molar-refractivity contribution in [2.75, 3.05) is 26.4 Å². The van der Waals surface area contributed by atoms with Crippen molar-refractivity contribution < 1.29 is 14.3 Å². The summed E-state index contributed by atoms with van der Waals surface area (Å²) in [5.74, 6) is -0.0911. The Morgan fingerprint density at radius 1 is 1.53 bits per heavy atom. The maximum absolute atomic E-state index is 11.7. The Labute approximate surface area is 116 Å². The summed E-state index contributed by atoms with van der Waals surface area (Å²) in [6.45, 7) is 8.65. The Balaban J connectivity index is 1.99. The molecule has 2 unspecified atom stereocenters. The summed E-state index contributed by atoms with van der Waals surface area (Å²) in [5.41, 5.74) is 5.65. The van der Waals surface area contributed by atoms with Crippen molar-refractivity contribution >= 4 is 5.91 Å². The average molecular weight is 272 g/mol. The van der Waals surface area contributed by atoms with E-state index in [0.717, 1.165) is 25.9 Å². The molecular formula is C14H28N2O3. The average Bonchev–Trinajstić information content (AvgIpc) is 2.84. The maximum atomic E-state index is 11.7. The summed E-state index contributed by atoms with van der Waals surface area (Å²) in [6, 6.07) is -0.472. The molecule has 0 aromatic rings. The van der Waals surface area contributed by atoms with Crippen molar-refractivity contribution in [2.45, 2.75) is 52.2 Å². The number of hydrogen-bond acceptors (Lipinski definition) is 4. The molecule has 1 aliphatic heterocycles. The van der Waals surface area contributed by atoms with Crippen LogP contribution in [0.2, 0.25) is 0 Å². The Bertz CT molecular complexity index is 270. The third-order valence-corrected chi connectivity index (χ3v) is 3.31. The van der Waals surface area contributed by atoms with E-state index < -0.39 is 6.04 Å². The summed E-state index contributed by atoms with van der Waals surface area (Å²) >= 11 is 0. The lowest BCUT2D eigenvalue weighted by molar-refractivity contribution is -0.124. The van der Waals surface area contributed by atoms with Crippen molar-refractivity contribution in [1.82, 2.24) is 5.32 Å². The molecule has 1 fully saturated rings. The molecule has 1 rings (SSSR count). The molecule has 112 valence electrons. The number of hydrogen-bond donors (Lipinski definition) is 2. The predicted molar refractivity (Wildman–Crippen MR) is 74.9 cm³/mol. The van der Waals surface area contributed by atoms with Gasteiger partial charge in [0.1, 0.15) is 0 Å². The molecule has 3 N–H and O–H groups in total. The van der Waals surface area contributed by atoms with Crippen molar-refractivity contribution in [2.24, 2.45) is 11.1 Å². The molecule has 0 aliphatic carbocycles. The van der Waals surface area contributed by atoms with E-state index in [1.807, 2.05) is 20.8 Å². The Kier molecular flexibility index (Phi) is 6.75. The van der Waals surface area contributed by atoms with Crippen molar-refractivity contribution in [1.29, 1.82) is 0 Å². The molecule has 0 bridgehead atoms. The van der Waals surface area contributed by atoms with E-state index in [9.17, 15) is 4.79 Å². The van der Waals surface area contributed by atoms with Gasteiger partial charge in [0, 0.05) is 19.8 Å². The van der Waals surface area contributed by atoms with E-state index in [-0.39, 0.29) is 17.4 Å². The second-order valence-electron chi connectivity index (χ2n) is 6.20.